The molecule has 7 nitrogen and oxygen atoms in total. The Hall–Kier alpha value is -2.23. The summed E-state index contributed by atoms with van der Waals surface area (Å²) in [5.41, 5.74) is 1.73. The Balaban J connectivity index is 1.67. The van der Waals surface area contributed by atoms with Gasteiger partial charge in [0.15, 0.2) is 0 Å². The number of nitrogens with one attached hydrogen (secondary N) is 1. The summed E-state index contributed by atoms with van der Waals surface area (Å²) in [5, 5.41) is 4.66. The van der Waals surface area contributed by atoms with Crippen molar-refractivity contribution in [2.24, 2.45) is 5.92 Å². The Morgan fingerprint density at radius 1 is 1.06 bits per heavy atom. The minimum atomic E-state index is -3.62. The molecule has 1 aromatic heterocycles. The first-order valence-corrected chi connectivity index (χ1v) is 12.6. The van der Waals surface area contributed by atoms with Gasteiger partial charge >= 0.3 is 0 Å². The van der Waals surface area contributed by atoms with Crippen LogP contribution in [-0.4, -0.2) is 61.7 Å². The van der Waals surface area contributed by atoms with Crippen LogP contribution >= 0.6 is 11.3 Å². The van der Waals surface area contributed by atoms with E-state index in [0.717, 1.165) is 11.1 Å². The highest BCUT2D eigenvalue weighted by molar-refractivity contribution is 7.89. The fraction of sp³-hybridized carbons (Fsp3) is 0.455. The summed E-state index contributed by atoms with van der Waals surface area (Å²) in [6.45, 7) is 8.54. The van der Waals surface area contributed by atoms with E-state index in [1.54, 1.807) is 36.1 Å². The molecule has 168 valence electrons. The van der Waals surface area contributed by atoms with Crippen molar-refractivity contribution in [2.45, 2.75) is 38.6 Å². The number of aryl methyl sites for hydroxylation is 2. The molecule has 1 unspecified atom stereocenters. The number of benzene rings is 1. The number of carbonyl (C=O) groups excluding carboxylic acids is 2. The molecule has 0 spiro atoms. The molecule has 0 aliphatic carbocycles. The lowest BCUT2D eigenvalue weighted by Crippen LogP contribution is -2.57. The number of carbonyl (C=O) groups is 2. The molecule has 0 saturated carbocycles. The van der Waals surface area contributed by atoms with Gasteiger partial charge in [-0.3, -0.25) is 9.59 Å². The van der Waals surface area contributed by atoms with Gasteiger partial charge < -0.3 is 10.2 Å². The van der Waals surface area contributed by atoms with E-state index in [0.29, 0.717) is 22.9 Å². The average Bonchev–Trinajstić information content (AvgIpc) is 3.26. The first-order chi connectivity index (χ1) is 14.6. The zero-order valence-electron chi connectivity index (χ0n) is 18.3. The van der Waals surface area contributed by atoms with Crippen molar-refractivity contribution in [3.8, 4) is 0 Å². The number of thiophene rings is 1. The second-order valence-corrected chi connectivity index (χ2v) is 11.0. The largest absolute Gasteiger partial charge is 0.339 e. The predicted molar refractivity (Wildman–Crippen MR) is 122 cm³/mol. The van der Waals surface area contributed by atoms with Crippen LogP contribution in [-0.2, 0) is 14.8 Å². The van der Waals surface area contributed by atoms with Crippen LogP contribution in [0, 0.1) is 19.8 Å². The fourth-order valence-corrected chi connectivity index (χ4v) is 5.96. The molecule has 1 aliphatic heterocycles. The number of piperazine rings is 1. The second-order valence-electron chi connectivity index (χ2n) is 8.17. The minimum Gasteiger partial charge on any atom is -0.339 e. The third-order valence-electron chi connectivity index (χ3n) is 5.46. The van der Waals surface area contributed by atoms with Crippen LogP contribution in [0.2, 0.25) is 0 Å². The van der Waals surface area contributed by atoms with E-state index in [4.69, 9.17) is 0 Å². The van der Waals surface area contributed by atoms with Crippen LogP contribution < -0.4 is 5.32 Å². The molecule has 0 radical (unpaired) electrons. The summed E-state index contributed by atoms with van der Waals surface area (Å²) in [6.07, 6.45) is 0. The zero-order valence-corrected chi connectivity index (χ0v) is 19.9. The lowest BCUT2D eigenvalue weighted by atomic mass is 10.0. The third-order valence-corrected chi connectivity index (χ3v) is 8.39. The van der Waals surface area contributed by atoms with Crippen LogP contribution in [0.15, 0.2) is 40.6 Å². The lowest BCUT2D eigenvalue weighted by Gasteiger charge is -2.36. The van der Waals surface area contributed by atoms with E-state index in [1.807, 2.05) is 32.2 Å². The number of rotatable bonds is 6. The van der Waals surface area contributed by atoms with Crippen molar-refractivity contribution in [1.29, 1.82) is 0 Å². The zero-order chi connectivity index (χ0) is 22.8. The Kier molecular flexibility index (Phi) is 7.18. The highest BCUT2D eigenvalue weighted by atomic mass is 32.2. The molecule has 0 bridgehead atoms. The number of sulfonamides is 1. The quantitative estimate of drug-likeness (QED) is 0.714. The van der Waals surface area contributed by atoms with Gasteiger partial charge in [0, 0.05) is 26.2 Å². The molecule has 1 N–H and O–H groups in total. The van der Waals surface area contributed by atoms with Crippen LogP contribution in [0.1, 0.15) is 34.6 Å². The highest BCUT2D eigenvalue weighted by Crippen LogP contribution is 2.22. The Morgan fingerprint density at radius 2 is 1.74 bits per heavy atom. The Morgan fingerprint density at radius 3 is 2.29 bits per heavy atom. The average molecular weight is 464 g/mol. The topological polar surface area (TPSA) is 86.8 Å². The minimum absolute atomic E-state index is 0.0895. The van der Waals surface area contributed by atoms with Crippen molar-refractivity contribution < 1.29 is 18.0 Å². The first kappa shape index (κ1) is 23.4. The predicted octanol–water partition coefficient (Wildman–Crippen LogP) is 2.65. The number of nitrogens with zero attached hydrogens (tertiary/aromatic N) is 2. The molecule has 1 aliphatic rings. The van der Waals surface area contributed by atoms with Gasteiger partial charge in [-0.15, -0.1) is 11.3 Å². The van der Waals surface area contributed by atoms with E-state index >= 15 is 0 Å². The normalized spacial score (nSPS) is 16.4. The SMILES string of the molecule is Cc1ccc(S(=O)(=O)N2CCN(C(=O)C(NC(=O)c3cccs3)C(C)C)CC2)c(C)c1. The molecule has 2 heterocycles. The molecule has 31 heavy (non-hydrogen) atoms. The van der Waals surface area contributed by atoms with Gasteiger partial charge in [-0.25, -0.2) is 8.42 Å². The van der Waals surface area contributed by atoms with Gasteiger partial charge in [-0.1, -0.05) is 37.6 Å². The molecule has 2 aromatic rings. The number of amides is 2. The van der Waals surface area contributed by atoms with Gasteiger partial charge in [-0.2, -0.15) is 4.31 Å². The molecular weight excluding hydrogens is 434 g/mol. The molecule has 1 aromatic carbocycles. The Bertz CT molecular complexity index is 1040. The maximum Gasteiger partial charge on any atom is 0.262 e. The van der Waals surface area contributed by atoms with E-state index < -0.39 is 16.1 Å². The maximum atomic E-state index is 13.1. The summed E-state index contributed by atoms with van der Waals surface area (Å²) < 4.78 is 27.6. The molecular formula is C22H29N3O4S2. The van der Waals surface area contributed by atoms with Crippen molar-refractivity contribution in [3.05, 3.63) is 51.7 Å². The van der Waals surface area contributed by atoms with Gasteiger partial charge in [0.25, 0.3) is 5.91 Å². The van der Waals surface area contributed by atoms with Crippen molar-refractivity contribution in [3.63, 3.8) is 0 Å². The van der Waals surface area contributed by atoms with E-state index in [-0.39, 0.29) is 30.8 Å². The monoisotopic (exact) mass is 463 g/mol. The summed E-state index contributed by atoms with van der Waals surface area (Å²) >= 11 is 1.32. The van der Waals surface area contributed by atoms with Crippen molar-refractivity contribution in [1.82, 2.24) is 14.5 Å². The molecule has 1 fully saturated rings. The standard InChI is InChI=1S/C22H29N3O4S2/c1-15(2)20(23-21(26)18-6-5-13-30-18)22(27)24-9-11-25(12-10-24)31(28,29)19-8-7-16(3)14-17(19)4/h5-8,13-15,20H,9-12H2,1-4H3,(H,23,26). The summed E-state index contributed by atoms with van der Waals surface area (Å²) in [6, 6.07) is 8.16. The summed E-state index contributed by atoms with van der Waals surface area (Å²) in [5.74, 6) is -0.532. The van der Waals surface area contributed by atoms with E-state index in [2.05, 4.69) is 5.32 Å². The van der Waals surface area contributed by atoms with Crippen molar-refractivity contribution >= 4 is 33.2 Å². The maximum absolute atomic E-state index is 13.1. The van der Waals surface area contributed by atoms with Crippen LogP contribution in [0.3, 0.4) is 0 Å². The number of hydrogen-bond donors (Lipinski definition) is 1. The third kappa shape index (κ3) is 5.16. The van der Waals surface area contributed by atoms with Gasteiger partial charge in [0.1, 0.15) is 6.04 Å². The first-order valence-electron chi connectivity index (χ1n) is 10.3. The van der Waals surface area contributed by atoms with Gasteiger partial charge in [0.2, 0.25) is 15.9 Å². The van der Waals surface area contributed by atoms with E-state index in [9.17, 15) is 18.0 Å². The Labute approximate surface area is 188 Å². The number of hydrogen-bond acceptors (Lipinski definition) is 5. The smallest absolute Gasteiger partial charge is 0.262 e. The highest BCUT2D eigenvalue weighted by Gasteiger charge is 2.34. The second kappa shape index (κ2) is 9.50. The summed E-state index contributed by atoms with van der Waals surface area (Å²) in [4.78, 5) is 28.1. The molecule has 9 heteroatoms. The van der Waals surface area contributed by atoms with E-state index in [1.165, 1.54) is 15.6 Å². The van der Waals surface area contributed by atoms with Crippen LogP contribution in [0.4, 0.5) is 0 Å². The van der Waals surface area contributed by atoms with Crippen LogP contribution in [0.5, 0.6) is 0 Å². The van der Waals surface area contributed by atoms with Crippen LogP contribution in [0.25, 0.3) is 0 Å². The van der Waals surface area contributed by atoms with Gasteiger partial charge in [0.05, 0.1) is 9.77 Å². The van der Waals surface area contributed by atoms with Gasteiger partial charge in [-0.05, 0) is 42.8 Å². The van der Waals surface area contributed by atoms with Crippen molar-refractivity contribution in [2.75, 3.05) is 26.2 Å². The lowest BCUT2D eigenvalue weighted by molar-refractivity contribution is -0.135. The fourth-order valence-electron chi connectivity index (χ4n) is 3.71. The molecule has 1 saturated heterocycles. The summed E-state index contributed by atoms with van der Waals surface area (Å²) in [7, 11) is -3.62. The molecule has 2 amide bonds. The molecule has 1 atom stereocenters. The molecule has 3 rings (SSSR count).